The summed E-state index contributed by atoms with van der Waals surface area (Å²) in [6.07, 6.45) is 2.91. The molecule has 0 atom stereocenters. The molecular formula is C17H20N4O3. The molecule has 0 unspecified atom stereocenters. The van der Waals surface area contributed by atoms with Gasteiger partial charge >= 0.3 is 5.97 Å². The number of carbonyl (C=O) groups excluding carboxylic acids is 2. The molecule has 1 aromatic carbocycles. The zero-order chi connectivity index (χ0) is 17.5. The standard InChI is InChI=1S/C17H20N4O3/c1-11(2)8-18-17-19-9-13(10-20-17)15(22)21-14-6-4-5-12(7-14)16(23)24-3/h4-7,9-11H,8H2,1-3H3,(H,21,22)(H,18,19,20). The summed E-state index contributed by atoms with van der Waals surface area (Å²) < 4.78 is 4.66. The molecule has 0 fully saturated rings. The van der Waals surface area contributed by atoms with Crippen molar-refractivity contribution in [2.45, 2.75) is 13.8 Å². The lowest BCUT2D eigenvalue weighted by Crippen LogP contribution is -2.15. The molecule has 1 amide bonds. The Labute approximate surface area is 140 Å². The van der Waals surface area contributed by atoms with Crippen LogP contribution in [0.4, 0.5) is 11.6 Å². The number of hydrogen-bond donors (Lipinski definition) is 2. The van der Waals surface area contributed by atoms with Crippen LogP contribution in [0.3, 0.4) is 0 Å². The van der Waals surface area contributed by atoms with Crippen LogP contribution in [0.15, 0.2) is 36.7 Å². The second-order valence-corrected chi connectivity index (χ2v) is 5.60. The van der Waals surface area contributed by atoms with E-state index in [0.717, 1.165) is 6.54 Å². The molecule has 0 radical (unpaired) electrons. The number of esters is 1. The molecule has 0 saturated heterocycles. The van der Waals surface area contributed by atoms with Crippen LogP contribution in [0, 0.1) is 5.92 Å². The molecule has 2 aromatic rings. The van der Waals surface area contributed by atoms with E-state index in [1.54, 1.807) is 24.3 Å². The number of anilines is 2. The van der Waals surface area contributed by atoms with Crippen LogP contribution < -0.4 is 10.6 Å². The van der Waals surface area contributed by atoms with Gasteiger partial charge in [-0.15, -0.1) is 0 Å². The topological polar surface area (TPSA) is 93.2 Å². The van der Waals surface area contributed by atoms with Crippen molar-refractivity contribution in [2.75, 3.05) is 24.3 Å². The van der Waals surface area contributed by atoms with E-state index < -0.39 is 5.97 Å². The fourth-order valence-electron chi connectivity index (χ4n) is 1.88. The summed E-state index contributed by atoms with van der Waals surface area (Å²) in [7, 11) is 1.31. The van der Waals surface area contributed by atoms with Gasteiger partial charge in [0.15, 0.2) is 0 Å². The number of amides is 1. The number of carbonyl (C=O) groups is 2. The quantitative estimate of drug-likeness (QED) is 0.792. The summed E-state index contributed by atoms with van der Waals surface area (Å²) in [6, 6.07) is 6.50. The van der Waals surface area contributed by atoms with E-state index in [0.29, 0.717) is 28.7 Å². The minimum atomic E-state index is -0.463. The van der Waals surface area contributed by atoms with Gasteiger partial charge in [-0.3, -0.25) is 4.79 Å². The Morgan fingerprint density at radius 2 is 1.88 bits per heavy atom. The summed E-state index contributed by atoms with van der Waals surface area (Å²) in [4.78, 5) is 32.0. The smallest absolute Gasteiger partial charge is 0.337 e. The molecule has 24 heavy (non-hydrogen) atoms. The highest BCUT2D eigenvalue weighted by Crippen LogP contribution is 2.13. The summed E-state index contributed by atoms with van der Waals surface area (Å²) in [5, 5.41) is 5.78. The maximum atomic E-state index is 12.2. The highest BCUT2D eigenvalue weighted by Gasteiger charge is 2.10. The van der Waals surface area contributed by atoms with Gasteiger partial charge in [-0.2, -0.15) is 0 Å². The maximum absolute atomic E-state index is 12.2. The summed E-state index contributed by atoms with van der Waals surface area (Å²) >= 11 is 0. The number of hydrogen-bond acceptors (Lipinski definition) is 6. The average molecular weight is 328 g/mol. The molecule has 0 bridgehead atoms. The first-order valence-corrected chi connectivity index (χ1v) is 7.55. The molecule has 2 rings (SSSR count). The van der Waals surface area contributed by atoms with Crippen molar-refractivity contribution < 1.29 is 14.3 Å². The van der Waals surface area contributed by atoms with Gasteiger partial charge in [0.2, 0.25) is 5.95 Å². The van der Waals surface area contributed by atoms with Crippen molar-refractivity contribution in [3.8, 4) is 0 Å². The molecular weight excluding hydrogens is 308 g/mol. The van der Waals surface area contributed by atoms with Crippen molar-refractivity contribution >= 4 is 23.5 Å². The maximum Gasteiger partial charge on any atom is 0.337 e. The first-order valence-electron chi connectivity index (χ1n) is 7.55. The Bertz CT molecular complexity index is 714. The largest absolute Gasteiger partial charge is 0.465 e. The molecule has 7 heteroatoms. The van der Waals surface area contributed by atoms with E-state index in [1.807, 2.05) is 0 Å². The van der Waals surface area contributed by atoms with E-state index in [1.165, 1.54) is 19.5 Å². The zero-order valence-electron chi connectivity index (χ0n) is 13.9. The SMILES string of the molecule is COC(=O)c1cccc(NC(=O)c2cnc(NCC(C)C)nc2)c1. The number of methoxy groups -OCH3 is 1. The number of rotatable bonds is 6. The van der Waals surface area contributed by atoms with Crippen molar-refractivity contribution in [3.63, 3.8) is 0 Å². The first-order chi connectivity index (χ1) is 11.5. The molecule has 0 aliphatic carbocycles. The van der Waals surface area contributed by atoms with Crippen LogP contribution in [-0.4, -0.2) is 35.5 Å². The molecule has 1 aromatic heterocycles. The van der Waals surface area contributed by atoms with Crippen molar-refractivity contribution in [2.24, 2.45) is 5.92 Å². The molecule has 0 spiro atoms. The fraction of sp³-hybridized carbons (Fsp3) is 0.294. The number of aromatic nitrogens is 2. The lowest BCUT2D eigenvalue weighted by atomic mass is 10.2. The van der Waals surface area contributed by atoms with Crippen LogP contribution in [-0.2, 0) is 4.74 Å². The Balaban J connectivity index is 2.03. The highest BCUT2D eigenvalue weighted by molar-refractivity contribution is 6.04. The van der Waals surface area contributed by atoms with Gasteiger partial charge in [-0.25, -0.2) is 14.8 Å². The third-order valence-corrected chi connectivity index (χ3v) is 3.12. The minimum absolute atomic E-state index is 0.327. The van der Waals surface area contributed by atoms with Crippen molar-refractivity contribution in [3.05, 3.63) is 47.8 Å². The van der Waals surface area contributed by atoms with E-state index in [2.05, 4.69) is 39.2 Å². The fourth-order valence-corrected chi connectivity index (χ4v) is 1.88. The molecule has 1 heterocycles. The van der Waals surface area contributed by atoms with Crippen LogP contribution in [0.1, 0.15) is 34.6 Å². The summed E-state index contributed by atoms with van der Waals surface area (Å²) in [5.74, 6) is 0.133. The van der Waals surface area contributed by atoms with Gasteiger partial charge in [0.05, 0.1) is 18.2 Å². The Morgan fingerprint density at radius 1 is 1.17 bits per heavy atom. The Kier molecular flexibility index (Phi) is 5.83. The van der Waals surface area contributed by atoms with E-state index in [4.69, 9.17) is 0 Å². The summed E-state index contributed by atoms with van der Waals surface area (Å²) in [5.41, 5.74) is 1.18. The van der Waals surface area contributed by atoms with Crippen molar-refractivity contribution in [1.29, 1.82) is 0 Å². The highest BCUT2D eigenvalue weighted by atomic mass is 16.5. The predicted molar refractivity (Wildman–Crippen MR) is 91.1 cm³/mol. The average Bonchev–Trinajstić information content (AvgIpc) is 2.59. The predicted octanol–water partition coefficient (Wildman–Crippen LogP) is 2.58. The molecule has 0 aliphatic rings. The lowest BCUT2D eigenvalue weighted by molar-refractivity contribution is 0.0600. The number of benzene rings is 1. The zero-order valence-corrected chi connectivity index (χ0v) is 13.9. The minimum Gasteiger partial charge on any atom is -0.465 e. The molecule has 0 saturated carbocycles. The van der Waals surface area contributed by atoms with Gasteiger partial charge in [0, 0.05) is 24.6 Å². The van der Waals surface area contributed by atoms with Gasteiger partial charge < -0.3 is 15.4 Å². The molecule has 2 N–H and O–H groups in total. The monoisotopic (exact) mass is 328 g/mol. The van der Waals surface area contributed by atoms with Gasteiger partial charge in [-0.05, 0) is 24.1 Å². The normalized spacial score (nSPS) is 10.3. The number of nitrogens with zero attached hydrogens (tertiary/aromatic N) is 2. The van der Waals surface area contributed by atoms with Crippen molar-refractivity contribution in [1.82, 2.24) is 9.97 Å². The second kappa shape index (κ2) is 8.05. The molecule has 126 valence electrons. The van der Waals surface area contributed by atoms with E-state index in [-0.39, 0.29) is 5.91 Å². The lowest BCUT2D eigenvalue weighted by Gasteiger charge is -2.08. The van der Waals surface area contributed by atoms with E-state index in [9.17, 15) is 9.59 Å². The van der Waals surface area contributed by atoms with Gasteiger partial charge in [0.25, 0.3) is 5.91 Å². The third-order valence-electron chi connectivity index (χ3n) is 3.12. The van der Waals surface area contributed by atoms with E-state index >= 15 is 0 Å². The van der Waals surface area contributed by atoms with Gasteiger partial charge in [-0.1, -0.05) is 19.9 Å². The Hall–Kier alpha value is -2.96. The second-order valence-electron chi connectivity index (χ2n) is 5.60. The van der Waals surface area contributed by atoms with Gasteiger partial charge in [0.1, 0.15) is 0 Å². The van der Waals surface area contributed by atoms with Crippen LogP contribution in [0.5, 0.6) is 0 Å². The number of ether oxygens (including phenoxy) is 1. The first kappa shape index (κ1) is 17.4. The molecule has 7 nitrogen and oxygen atoms in total. The van der Waals surface area contributed by atoms with Crippen LogP contribution in [0.25, 0.3) is 0 Å². The Morgan fingerprint density at radius 3 is 2.50 bits per heavy atom. The van der Waals surface area contributed by atoms with Crippen LogP contribution in [0.2, 0.25) is 0 Å². The van der Waals surface area contributed by atoms with Crippen LogP contribution >= 0.6 is 0 Å². The summed E-state index contributed by atoms with van der Waals surface area (Å²) in [6.45, 7) is 4.92. The molecule has 0 aliphatic heterocycles. The third kappa shape index (κ3) is 4.77. The number of nitrogens with one attached hydrogen (secondary N) is 2.